The van der Waals surface area contributed by atoms with E-state index in [0.717, 1.165) is 43.2 Å². The van der Waals surface area contributed by atoms with Gasteiger partial charge in [0.2, 0.25) is 0 Å². The van der Waals surface area contributed by atoms with E-state index in [1.165, 1.54) is 25.3 Å². The second kappa shape index (κ2) is 15.2. The molecule has 0 atom stereocenters. The molecule has 0 saturated carbocycles. The summed E-state index contributed by atoms with van der Waals surface area (Å²) in [4.78, 5) is 0. The minimum Gasteiger partial charge on any atom is -0.352 e. The Morgan fingerprint density at radius 2 is 1.45 bits per heavy atom. The van der Waals surface area contributed by atoms with Crippen molar-refractivity contribution in [2.24, 2.45) is 0 Å². The first kappa shape index (κ1) is 30.1. The topological polar surface area (TPSA) is 18.5 Å². The van der Waals surface area contributed by atoms with Crippen LogP contribution in [0.5, 0.6) is 0 Å². The molecular weight excluding hydrogens is 509 g/mol. The minimum atomic E-state index is -0.812. The lowest BCUT2D eigenvalue weighted by Gasteiger charge is -2.29. The summed E-state index contributed by atoms with van der Waals surface area (Å²) in [7, 11) is 0. The van der Waals surface area contributed by atoms with Gasteiger partial charge in [-0.2, -0.15) is 0 Å². The molecule has 4 rings (SSSR count). The molecule has 5 heteroatoms. The lowest BCUT2D eigenvalue weighted by Crippen LogP contribution is -2.31. The predicted octanol–water partition coefficient (Wildman–Crippen LogP) is 10.2. The number of benzene rings is 3. The van der Waals surface area contributed by atoms with Gasteiger partial charge in [-0.1, -0.05) is 99.7 Å². The molecule has 3 aromatic carbocycles. The van der Waals surface area contributed by atoms with Crippen molar-refractivity contribution in [1.82, 2.24) is 0 Å². The highest BCUT2D eigenvalue weighted by Crippen LogP contribution is 2.32. The smallest absolute Gasteiger partial charge is 0.166 e. The number of aryl methyl sites for hydroxylation is 1. The fourth-order valence-electron chi connectivity index (χ4n) is 5.27. The normalized spacial score (nSPS) is 17.5. The molecule has 1 saturated heterocycles. The van der Waals surface area contributed by atoms with Crippen molar-refractivity contribution in [1.29, 1.82) is 0 Å². The third-order valence-corrected chi connectivity index (χ3v) is 7.70. The Bertz CT molecular complexity index is 1240. The molecule has 1 fully saturated rings. The maximum absolute atomic E-state index is 15.1. The minimum absolute atomic E-state index is 0.156. The first-order valence-electron chi connectivity index (χ1n) is 14.7. The fraction of sp³-hybridized carbons (Fsp3) is 0.429. The van der Waals surface area contributed by atoms with Crippen LogP contribution in [0.2, 0.25) is 0 Å². The summed E-state index contributed by atoms with van der Waals surface area (Å²) in [6, 6.07) is 15.7. The third kappa shape index (κ3) is 7.86. The summed E-state index contributed by atoms with van der Waals surface area (Å²) in [5.41, 5.74) is 3.35. The van der Waals surface area contributed by atoms with Crippen LogP contribution in [-0.4, -0.2) is 19.5 Å². The van der Waals surface area contributed by atoms with Crippen molar-refractivity contribution in [3.05, 3.63) is 95.3 Å². The van der Waals surface area contributed by atoms with Crippen LogP contribution in [0.1, 0.15) is 82.3 Å². The molecule has 0 unspecified atom stereocenters. The zero-order chi connectivity index (χ0) is 28.3. The number of rotatable bonds is 13. The monoisotopic (exact) mass is 550 g/mol. The zero-order valence-electron chi connectivity index (χ0n) is 23.7. The van der Waals surface area contributed by atoms with Gasteiger partial charge in [-0.3, -0.25) is 0 Å². The Morgan fingerprint density at radius 3 is 2.15 bits per heavy atom. The van der Waals surface area contributed by atoms with Gasteiger partial charge in [-0.25, -0.2) is 13.2 Å². The molecule has 1 aliphatic heterocycles. The van der Waals surface area contributed by atoms with E-state index < -0.39 is 11.6 Å². The Kier molecular flexibility index (Phi) is 11.4. The molecule has 214 valence electrons. The summed E-state index contributed by atoms with van der Waals surface area (Å²) in [6.45, 7) is 5.00. The van der Waals surface area contributed by atoms with Crippen LogP contribution in [-0.2, 0) is 15.9 Å². The lowest BCUT2D eigenvalue weighted by molar-refractivity contribution is -0.189. The van der Waals surface area contributed by atoms with E-state index in [9.17, 15) is 8.78 Å². The van der Waals surface area contributed by atoms with E-state index in [0.29, 0.717) is 36.3 Å². The van der Waals surface area contributed by atoms with Gasteiger partial charge in [0.1, 0.15) is 5.82 Å². The number of halogens is 3. The molecule has 0 amide bonds. The molecule has 0 N–H and O–H groups in total. The second-order valence-electron chi connectivity index (χ2n) is 10.7. The molecule has 0 bridgehead atoms. The van der Waals surface area contributed by atoms with Gasteiger partial charge in [0, 0.05) is 17.9 Å². The van der Waals surface area contributed by atoms with Crippen molar-refractivity contribution in [3.63, 3.8) is 0 Å². The van der Waals surface area contributed by atoms with E-state index >= 15 is 4.39 Å². The Labute approximate surface area is 237 Å². The van der Waals surface area contributed by atoms with Crippen molar-refractivity contribution >= 4 is 0 Å². The molecule has 1 heterocycles. The van der Waals surface area contributed by atoms with Gasteiger partial charge in [0.05, 0.1) is 13.2 Å². The maximum atomic E-state index is 15.1. The zero-order valence-corrected chi connectivity index (χ0v) is 23.7. The summed E-state index contributed by atoms with van der Waals surface area (Å²) < 4.78 is 56.5. The lowest BCUT2D eigenvalue weighted by atomic mass is 9.94. The van der Waals surface area contributed by atoms with Gasteiger partial charge in [-0.15, -0.1) is 0 Å². The number of hydrogen-bond acceptors (Lipinski definition) is 2. The summed E-state index contributed by atoms with van der Waals surface area (Å²) >= 11 is 0. The molecule has 0 radical (unpaired) electrons. The Hall–Kier alpha value is -2.89. The van der Waals surface area contributed by atoms with Crippen molar-refractivity contribution in [2.45, 2.75) is 83.8 Å². The summed E-state index contributed by atoms with van der Waals surface area (Å²) in [5.74, 6) is -2.03. The van der Waals surface area contributed by atoms with Crippen LogP contribution in [0.3, 0.4) is 0 Å². The molecule has 0 aromatic heterocycles. The van der Waals surface area contributed by atoms with E-state index in [1.807, 2.05) is 31.2 Å². The summed E-state index contributed by atoms with van der Waals surface area (Å²) in [5, 5.41) is 0. The molecule has 3 aromatic rings. The quantitative estimate of drug-likeness (QED) is 0.156. The van der Waals surface area contributed by atoms with Crippen LogP contribution >= 0.6 is 0 Å². The van der Waals surface area contributed by atoms with Crippen LogP contribution in [0.4, 0.5) is 13.2 Å². The highest BCUT2D eigenvalue weighted by Gasteiger charge is 2.25. The Balaban J connectivity index is 1.37. The van der Waals surface area contributed by atoms with Gasteiger partial charge in [0.15, 0.2) is 17.9 Å². The van der Waals surface area contributed by atoms with E-state index in [4.69, 9.17) is 9.47 Å². The van der Waals surface area contributed by atoms with Crippen LogP contribution in [0, 0.1) is 17.5 Å². The summed E-state index contributed by atoms with van der Waals surface area (Å²) in [6.07, 6.45) is 12.7. The van der Waals surface area contributed by atoms with Crippen LogP contribution in [0.15, 0.2) is 66.7 Å². The predicted molar refractivity (Wildman–Crippen MR) is 157 cm³/mol. The molecule has 0 aliphatic carbocycles. The molecule has 2 nitrogen and oxygen atoms in total. The first-order chi connectivity index (χ1) is 19.5. The Morgan fingerprint density at radius 1 is 0.775 bits per heavy atom. The van der Waals surface area contributed by atoms with Gasteiger partial charge >= 0.3 is 0 Å². The number of allylic oxidation sites excluding steroid dienone is 2. The SMILES string of the molecule is C/C=C/CCC1OCC(c2ccc(-c3ccc(-c4ccc(CCCCCCCC)c(F)c4F)cc3)cc2F)CO1. The first-order valence-corrected chi connectivity index (χ1v) is 14.7. The third-order valence-electron chi connectivity index (χ3n) is 7.70. The fourth-order valence-corrected chi connectivity index (χ4v) is 5.27. The molecule has 40 heavy (non-hydrogen) atoms. The molecular formula is C35H41F3O2. The molecule has 1 aliphatic rings. The van der Waals surface area contributed by atoms with E-state index in [1.54, 1.807) is 30.3 Å². The maximum Gasteiger partial charge on any atom is 0.166 e. The van der Waals surface area contributed by atoms with Crippen LogP contribution in [0.25, 0.3) is 22.3 Å². The standard InChI is InChI=1S/C35H41F3O2/c1-3-5-7-8-9-11-12-27-18-21-31(35(38)34(27)37)26-16-14-25(15-17-26)28-19-20-30(32(36)22-28)29-23-39-33(40-24-29)13-10-6-4-2/h4,6,14-22,29,33H,3,5,7-13,23-24H2,1-2H3/b6-4+. The molecule has 0 spiro atoms. The average Bonchev–Trinajstić information content (AvgIpc) is 2.98. The van der Waals surface area contributed by atoms with Crippen molar-refractivity contribution in [2.75, 3.05) is 13.2 Å². The van der Waals surface area contributed by atoms with Crippen molar-refractivity contribution < 1.29 is 22.6 Å². The van der Waals surface area contributed by atoms with Crippen molar-refractivity contribution in [3.8, 4) is 22.3 Å². The second-order valence-corrected chi connectivity index (χ2v) is 10.7. The average molecular weight is 551 g/mol. The van der Waals surface area contributed by atoms with Gasteiger partial charge in [-0.05, 0) is 60.1 Å². The van der Waals surface area contributed by atoms with Gasteiger partial charge in [0.25, 0.3) is 0 Å². The van der Waals surface area contributed by atoms with Crippen LogP contribution < -0.4 is 0 Å². The van der Waals surface area contributed by atoms with E-state index in [-0.39, 0.29) is 23.6 Å². The number of ether oxygens (including phenoxy) is 2. The largest absolute Gasteiger partial charge is 0.352 e. The van der Waals surface area contributed by atoms with E-state index in [2.05, 4.69) is 13.0 Å². The highest BCUT2D eigenvalue weighted by atomic mass is 19.2. The number of hydrogen-bond donors (Lipinski definition) is 0. The number of unbranched alkanes of at least 4 members (excludes halogenated alkanes) is 5. The highest BCUT2D eigenvalue weighted by molar-refractivity contribution is 5.71. The van der Waals surface area contributed by atoms with Gasteiger partial charge < -0.3 is 9.47 Å².